The van der Waals surface area contributed by atoms with Gasteiger partial charge in [0, 0.05) is 11.3 Å². The standard InChI is InChI=1S/C13H17N3O3S2/c1-7(2)4-11-15-10(16-19-11)6-20-13-14-8(3)9(21-13)5-12(17)18/h7H,4-6H2,1-3H3,(H,17,18). The molecule has 0 unspecified atom stereocenters. The summed E-state index contributed by atoms with van der Waals surface area (Å²) < 4.78 is 6.01. The summed E-state index contributed by atoms with van der Waals surface area (Å²) >= 11 is 2.91. The topological polar surface area (TPSA) is 89.1 Å². The van der Waals surface area contributed by atoms with E-state index in [4.69, 9.17) is 9.63 Å². The Labute approximate surface area is 131 Å². The highest BCUT2D eigenvalue weighted by molar-refractivity contribution is 8.00. The molecule has 114 valence electrons. The van der Waals surface area contributed by atoms with Crippen molar-refractivity contribution < 1.29 is 14.4 Å². The van der Waals surface area contributed by atoms with E-state index >= 15 is 0 Å². The monoisotopic (exact) mass is 327 g/mol. The molecule has 0 aliphatic heterocycles. The van der Waals surface area contributed by atoms with Crippen LogP contribution < -0.4 is 0 Å². The van der Waals surface area contributed by atoms with Gasteiger partial charge in [0.25, 0.3) is 0 Å². The molecular formula is C13H17N3O3S2. The lowest BCUT2D eigenvalue weighted by molar-refractivity contribution is -0.136. The molecule has 0 aliphatic carbocycles. The van der Waals surface area contributed by atoms with Gasteiger partial charge < -0.3 is 9.63 Å². The second-order valence-corrected chi connectivity index (χ2v) is 7.36. The van der Waals surface area contributed by atoms with Crippen LogP contribution in [0.15, 0.2) is 8.86 Å². The average molecular weight is 327 g/mol. The molecule has 0 spiro atoms. The van der Waals surface area contributed by atoms with Crippen LogP contribution in [0.2, 0.25) is 0 Å². The highest BCUT2D eigenvalue weighted by atomic mass is 32.2. The Bertz CT molecular complexity index is 622. The molecule has 0 saturated heterocycles. The van der Waals surface area contributed by atoms with Crippen molar-refractivity contribution >= 4 is 29.1 Å². The summed E-state index contributed by atoms with van der Waals surface area (Å²) in [7, 11) is 0. The van der Waals surface area contributed by atoms with E-state index in [9.17, 15) is 4.79 Å². The van der Waals surface area contributed by atoms with Gasteiger partial charge in [0.15, 0.2) is 10.2 Å². The van der Waals surface area contributed by atoms with Crippen LogP contribution in [0.3, 0.4) is 0 Å². The molecule has 0 radical (unpaired) electrons. The van der Waals surface area contributed by atoms with E-state index in [1.54, 1.807) is 0 Å². The van der Waals surface area contributed by atoms with E-state index in [1.807, 2.05) is 6.92 Å². The molecule has 0 amide bonds. The third-order valence-corrected chi connectivity index (χ3v) is 4.90. The van der Waals surface area contributed by atoms with Gasteiger partial charge in [0.1, 0.15) is 0 Å². The van der Waals surface area contributed by atoms with Crippen molar-refractivity contribution in [3.63, 3.8) is 0 Å². The Kier molecular flexibility index (Phi) is 5.35. The minimum absolute atomic E-state index is 0.0187. The molecule has 8 heteroatoms. The number of carboxylic acid groups (broad SMARTS) is 1. The molecule has 0 aromatic carbocycles. The van der Waals surface area contributed by atoms with Crippen LogP contribution in [-0.2, 0) is 23.4 Å². The first-order valence-electron chi connectivity index (χ1n) is 6.56. The number of rotatable bonds is 7. The Morgan fingerprint density at radius 3 is 2.86 bits per heavy atom. The SMILES string of the molecule is Cc1nc(SCc2noc(CC(C)C)n2)sc1CC(=O)O. The molecule has 0 bridgehead atoms. The number of aliphatic carboxylic acids is 1. The Morgan fingerprint density at radius 1 is 1.43 bits per heavy atom. The first kappa shape index (κ1) is 16.0. The molecule has 0 fully saturated rings. The van der Waals surface area contributed by atoms with Gasteiger partial charge in [0.2, 0.25) is 5.89 Å². The van der Waals surface area contributed by atoms with Crippen molar-refractivity contribution in [2.45, 2.75) is 43.7 Å². The lowest BCUT2D eigenvalue weighted by Gasteiger charge is -1.95. The fourth-order valence-corrected chi connectivity index (χ4v) is 3.74. The van der Waals surface area contributed by atoms with Crippen molar-refractivity contribution in [1.82, 2.24) is 15.1 Å². The van der Waals surface area contributed by atoms with Gasteiger partial charge in [-0.15, -0.1) is 11.3 Å². The summed E-state index contributed by atoms with van der Waals surface area (Å²) in [5, 5.41) is 12.8. The highest BCUT2D eigenvalue weighted by Crippen LogP contribution is 2.29. The second-order valence-electron chi connectivity index (χ2n) is 5.05. The van der Waals surface area contributed by atoms with Crippen LogP contribution in [0, 0.1) is 12.8 Å². The van der Waals surface area contributed by atoms with Crippen LogP contribution in [0.1, 0.15) is 36.1 Å². The van der Waals surface area contributed by atoms with Crippen molar-refractivity contribution in [2.75, 3.05) is 0 Å². The molecule has 2 rings (SSSR count). The molecule has 2 heterocycles. The number of aryl methyl sites for hydroxylation is 1. The average Bonchev–Trinajstić information content (AvgIpc) is 2.93. The van der Waals surface area contributed by atoms with Crippen molar-refractivity contribution in [3.8, 4) is 0 Å². The molecule has 6 nitrogen and oxygen atoms in total. The molecule has 0 atom stereocenters. The number of nitrogens with zero attached hydrogens (tertiary/aromatic N) is 3. The lowest BCUT2D eigenvalue weighted by atomic mass is 10.1. The first-order chi connectivity index (χ1) is 9.94. The fourth-order valence-electron chi connectivity index (χ4n) is 1.67. The Morgan fingerprint density at radius 2 is 2.19 bits per heavy atom. The van der Waals surface area contributed by atoms with Crippen LogP contribution >= 0.6 is 23.1 Å². The lowest BCUT2D eigenvalue weighted by Crippen LogP contribution is -1.99. The maximum absolute atomic E-state index is 10.7. The summed E-state index contributed by atoms with van der Waals surface area (Å²) in [5.74, 6) is 1.51. The minimum atomic E-state index is -0.838. The van der Waals surface area contributed by atoms with Gasteiger partial charge in [0.05, 0.1) is 17.9 Å². The molecular weight excluding hydrogens is 310 g/mol. The third kappa shape index (κ3) is 4.82. The minimum Gasteiger partial charge on any atom is -0.481 e. The van der Waals surface area contributed by atoms with E-state index in [0.717, 1.165) is 21.3 Å². The normalized spacial score (nSPS) is 11.2. The zero-order valence-electron chi connectivity index (χ0n) is 12.1. The van der Waals surface area contributed by atoms with Gasteiger partial charge in [-0.05, 0) is 12.8 Å². The highest BCUT2D eigenvalue weighted by Gasteiger charge is 2.13. The van der Waals surface area contributed by atoms with Crippen LogP contribution in [0.5, 0.6) is 0 Å². The van der Waals surface area contributed by atoms with Crippen LogP contribution in [0.4, 0.5) is 0 Å². The Hall–Kier alpha value is -1.41. The number of hydrogen-bond donors (Lipinski definition) is 1. The maximum Gasteiger partial charge on any atom is 0.308 e. The number of thioether (sulfide) groups is 1. The number of hydrogen-bond acceptors (Lipinski definition) is 7. The zero-order valence-corrected chi connectivity index (χ0v) is 13.8. The summed E-state index contributed by atoms with van der Waals surface area (Å²) in [5.41, 5.74) is 0.776. The van der Waals surface area contributed by atoms with E-state index in [2.05, 4.69) is 29.0 Å². The van der Waals surface area contributed by atoms with E-state index in [0.29, 0.717) is 23.4 Å². The quantitative estimate of drug-likeness (QED) is 0.782. The van der Waals surface area contributed by atoms with Gasteiger partial charge in [-0.25, -0.2) is 4.98 Å². The largest absolute Gasteiger partial charge is 0.481 e. The summed E-state index contributed by atoms with van der Waals surface area (Å²) in [6.07, 6.45) is 0.793. The number of carbonyl (C=O) groups is 1. The van der Waals surface area contributed by atoms with Crippen molar-refractivity contribution in [3.05, 3.63) is 22.3 Å². The van der Waals surface area contributed by atoms with E-state index < -0.39 is 5.97 Å². The number of thiazole rings is 1. The predicted octanol–water partition coefficient (Wildman–Crippen LogP) is 2.95. The predicted molar refractivity (Wildman–Crippen MR) is 80.6 cm³/mol. The van der Waals surface area contributed by atoms with Crippen molar-refractivity contribution in [1.29, 1.82) is 0 Å². The number of carboxylic acids is 1. The van der Waals surface area contributed by atoms with Crippen molar-refractivity contribution in [2.24, 2.45) is 5.92 Å². The van der Waals surface area contributed by atoms with E-state index in [-0.39, 0.29) is 6.42 Å². The molecule has 1 N–H and O–H groups in total. The van der Waals surface area contributed by atoms with Gasteiger partial charge >= 0.3 is 5.97 Å². The third-order valence-electron chi connectivity index (χ3n) is 2.60. The number of aromatic nitrogens is 3. The Balaban J connectivity index is 1.93. The zero-order chi connectivity index (χ0) is 15.4. The smallest absolute Gasteiger partial charge is 0.308 e. The van der Waals surface area contributed by atoms with Gasteiger partial charge in [-0.1, -0.05) is 30.8 Å². The first-order valence-corrected chi connectivity index (χ1v) is 8.36. The molecule has 2 aromatic heterocycles. The van der Waals surface area contributed by atoms with Crippen LogP contribution in [-0.4, -0.2) is 26.2 Å². The van der Waals surface area contributed by atoms with Crippen LogP contribution in [0.25, 0.3) is 0 Å². The maximum atomic E-state index is 10.7. The fraction of sp³-hybridized carbons (Fsp3) is 0.538. The summed E-state index contributed by atoms with van der Waals surface area (Å²) in [6.45, 7) is 6.02. The summed E-state index contributed by atoms with van der Waals surface area (Å²) in [6, 6.07) is 0. The van der Waals surface area contributed by atoms with E-state index in [1.165, 1.54) is 23.1 Å². The van der Waals surface area contributed by atoms with Gasteiger partial charge in [-0.2, -0.15) is 4.98 Å². The molecule has 21 heavy (non-hydrogen) atoms. The molecule has 2 aromatic rings. The molecule has 0 saturated carbocycles. The second kappa shape index (κ2) is 7.04. The molecule has 0 aliphatic rings. The van der Waals surface area contributed by atoms with Gasteiger partial charge in [-0.3, -0.25) is 4.79 Å². The summed E-state index contributed by atoms with van der Waals surface area (Å²) in [4.78, 5) is 20.2.